The number of carbonyl (C=O) groups is 2. The Morgan fingerprint density at radius 2 is 2.17 bits per heavy atom. The zero-order valence-electron chi connectivity index (χ0n) is 9.44. The van der Waals surface area contributed by atoms with Gasteiger partial charge in [-0.25, -0.2) is 4.79 Å². The smallest absolute Gasteiger partial charge is 0.319 e. The molecule has 0 atom stereocenters. The number of halogens is 1. The molecular weight excluding hydrogens is 258 g/mol. The fourth-order valence-corrected chi connectivity index (χ4v) is 1.18. The lowest BCUT2D eigenvalue weighted by Crippen LogP contribution is -2.29. The van der Waals surface area contributed by atoms with Gasteiger partial charge in [-0.2, -0.15) is 0 Å². The summed E-state index contributed by atoms with van der Waals surface area (Å²) in [4.78, 5) is 25.7. The maximum atomic E-state index is 11.3. The van der Waals surface area contributed by atoms with Crippen LogP contribution in [0.4, 0.5) is 10.5 Å². The average molecular weight is 270 g/mol. The minimum absolute atomic E-state index is 0.154. The molecule has 0 bridgehead atoms. The summed E-state index contributed by atoms with van der Waals surface area (Å²) in [6.45, 7) is 3.59. The minimum atomic E-state index is -0.957. The summed E-state index contributed by atoms with van der Waals surface area (Å²) < 4.78 is 0. The molecule has 1 rings (SSSR count). The van der Waals surface area contributed by atoms with E-state index in [1.165, 1.54) is 12.3 Å². The molecule has 0 radical (unpaired) electrons. The van der Waals surface area contributed by atoms with Crippen molar-refractivity contribution >= 4 is 29.3 Å². The van der Waals surface area contributed by atoms with Gasteiger partial charge in [0.1, 0.15) is 0 Å². The maximum Gasteiger partial charge on any atom is 0.319 e. The molecule has 0 saturated heterocycles. The number of carbonyl (C=O) groups excluding carboxylic acids is 1. The van der Waals surface area contributed by atoms with Crippen molar-refractivity contribution in [1.82, 2.24) is 10.3 Å². The van der Waals surface area contributed by atoms with E-state index in [1.807, 2.05) is 0 Å². The Bertz CT molecular complexity index is 459. The monoisotopic (exact) mass is 269 g/mol. The van der Waals surface area contributed by atoms with Crippen molar-refractivity contribution in [2.24, 2.45) is 0 Å². The number of nitrogens with one attached hydrogen (secondary N) is 2. The zero-order chi connectivity index (χ0) is 13.5. The summed E-state index contributed by atoms with van der Waals surface area (Å²) in [6.07, 6.45) is 1.23. The van der Waals surface area contributed by atoms with Crippen LogP contribution in [-0.4, -0.2) is 28.6 Å². The van der Waals surface area contributed by atoms with Gasteiger partial charge >= 0.3 is 12.0 Å². The molecule has 0 aliphatic rings. The molecule has 0 spiro atoms. The molecule has 3 N–H and O–H groups in total. The number of nitrogens with zero attached hydrogens (tertiary/aromatic N) is 1. The van der Waals surface area contributed by atoms with Crippen LogP contribution >= 0.6 is 11.6 Å². The molecule has 18 heavy (non-hydrogen) atoms. The van der Waals surface area contributed by atoms with Crippen molar-refractivity contribution in [3.8, 4) is 0 Å². The van der Waals surface area contributed by atoms with Crippen LogP contribution in [0.5, 0.6) is 0 Å². The third kappa shape index (κ3) is 5.31. The van der Waals surface area contributed by atoms with Crippen molar-refractivity contribution in [1.29, 1.82) is 0 Å². The highest BCUT2D eigenvalue weighted by Gasteiger charge is 2.04. The Morgan fingerprint density at radius 3 is 2.67 bits per heavy atom. The highest BCUT2D eigenvalue weighted by molar-refractivity contribution is 6.29. The van der Waals surface area contributed by atoms with Crippen LogP contribution < -0.4 is 10.6 Å². The number of aromatic nitrogens is 1. The molecule has 96 valence electrons. The molecule has 0 saturated carbocycles. The Kier molecular flexibility index (Phi) is 5.13. The van der Waals surface area contributed by atoms with E-state index >= 15 is 0 Å². The zero-order valence-corrected chi connectivity index (χ0v) is 10.2. The quantitative estimate of drug-likeness (QED) is 0.757. The number of amides is 2. The molecule has 7 heteroatoms. The summed E-state index contributed by atoms with van der Waals surface area (Å²) in [7, 11) is 0. The van der Waals surface area contributed by atoms with Crippen molar-refractivity contribution in [2.45, 2.75) is 6.42 Å². The van der Waals surface area contributed by atoms with E-state index in [-0.39, 0.29) is 13.0 Å². The van der Waals surface area contributed by atoms with Gasteiger partial charge in [-0.3, -0.25) is 9.78 Å². The molecule has 1 aromatic heterocycles. The van der Waals surface area contributed by atoms with Gasteiger partial charge in [-0.15, -0.1) is 0 Å². The van der Waals surface area contributed by atoms with Gasteiger partial charge in [-0.05, 0) is 12.1 Å². The van der Waals surface area contributed by atoms with Gasteiger partial charge in [0.05, 0.1) is 30.5 Å². The number of hydrogen-bond donors (Lipinski definition) is 3. The first-order chi connectivity index (χ1) is 8.47. The fraction of sp³-hybridized carbons (Fsp3) is 0.182. The highest BCUT2D eigenvalue weighted by Crippen LogP contribution is 2.06. The first kappa shape index (κ1) is 14.0. The Morgan fingerprint density at radius 1 is 1.44 bits per heavy atom. The van der Waals surface area contributed by atoms with Crippen LogP contribution in [0, 0.1) is 0 Å². The van der Waals surface area contributed by atoms with Crippen molar-refractivity contribution < 1.29 is 14.7 Å². The molecule has 1 aromatic rings. The van der Waals surface area contributed by atoms with E-state index in [1.54, 1.807) is 6.07 Å². The molecule has 1 heterocycles. The van der Waals surface area contributed by atoms with Crippen LogP contribution in [0.1, 0.15) is 5.69 Å². The Balaban J connectivity index is 2.50. The number of pyridine rings is 1. The molecule has 2 amide bonds. The fourth-order valence-electron chi connectivity index (χ4n) is 1.11. The first-order valence-corrected chi connectivity index (χ1v) is 5.40. The second-order valence-electron chi connectivity index (χ2n) is 3.43. The van der Waals surface area contributed by atoms with Crippen molar-refractivity contribution in [2.75, 3.05) is 11.9 Å². The average Bonchev–Trinajstić information content (AvgIpc) is 2.28. The Hall–Kier alpha value is -2.08. The second kappa shape index (κ2) is 6.61. The van der Waals surface area contributed by atoms with Gasteiger partial charge in [0.25, 0.3) is 0 Å². The minimum Gasteiger partial charge on any atom is -0.481 e. The predicted octanol–water partition coefficient (Wildman–Crippen LogP) is 1.58. The van der Waals surface area contributed by atoms with Crippen molar-refractivity contribution in [3.05, 3.63) is 35.6 Å². The molecule has 0 aliphatic carbocycles. The van der Waals surface area contributed by atoms with Gasteiger partial charge in [0, 0.05) is 5.03 Å². The van der Waals surface area contributed by atoms with Gasteiger partial charge in [-0.1, -0.05) is 18.2 Å². The summed E-state index contributed by atoms with van der Waals surface area (Å²) in [5, 5.41) is 13.9. The lowest BCUT2D eigenvalue weighted by atomic mass is 10.2. The topological polar surface area (TPSA) is 91.3 Å². The molecule has 0 aromatic carbocycles. The predicted molar refractivity (Wildman–Crippen MR) is 67.6 cm³/mol. The molecule has 0 unspecified atom stereocenters. The van der Waals surface area contributed by atoms with Crippen LogP contribution in [-0.2, 0) is 11.2 Å². The molecule has 0 aliphatic heterocycles. The van der Waals surface area contributed by atoms with Gasteiger partial charge in [0.15, 0.2) is 0 Å². The van der Waals surface area contributed by atoms with E-state index in [2.05, 4.69) is 22.2 Å². The molecule has 6 nitrogen and oxygen atoms in total. The number of hydrogen-bond acceptors (Lipinski definition) is 3. The summed E-state index contributed by atoms with van der Waals surface area (Å²) in [5.41, 5.74) is 0.879. The van der Waals surface area contributed by atoms with E-state index in [4.69, 9.17) is 16.7 Å². The third-order valence-electron chi connectivity index (χ3n) is 1.86. The van der Waals surface area contributed by atoms with E-state index in [9.17, 15) is 9.59 Å². The SMILES string of the molecule is C=C(Cl)CNC(=O)Nc1ccc(CC(=O)O)nc1. The lowest BCUT2D eigenvalue weighted by Gasteiger charge is -2.06. The summed E-state index contributed by atoms with van der Waals surface area (Å²) >= 11 is 5.49. The first-order valence-electron chi connectivity index (χ1n) is 5.02. The van der Waals surface area contributed by atoms with Crippen LogP contribution in [0.3, 0.4) is 0 Å². The van der Waals surface area contributed by atoms with Crippen molar-refractivity contribution in [3.63, 3.8) is 0 Å². The lowest BCUT2D eigenvalue weighted by molar-refractivity contribution is -0.136. The van der Waals surface area contributed by atoms with Gasteiger partial charge < -0.3 is 15.7 Å². The number of rotatable bonds is 5. The van der Waals surface area contributed by atoms with Crippen LogP contribution in [0.2, 0.25) is 0 Å². The van der Waals surface area contributed by atoms with E-state index in [0.717, 1.165) is 0 Å². The largest absolute Gasteiger partial charge is 0.481 e. The Labute approximate surface area is 109 Å². The van der Waals surface area contributed by atoms with E-state index in [0.29, 0.717) is 16.4 Å². The number of urea groups is 1. The number of carboxylic acid groups (broad SMARTS) is 1. The number of carboxylic acids is 1. The van der Waals surface area contributed by atoms with Crippen LogP contribution in [0.25, 0.3) is 0 Å². The number of aliphatic carboxylic acids is 1. The normalized spacial score (nSPS) is 9.61. The standard InChI is InChI=1S/C11H12ClN3O3/c1-7(12)5-14-11(18)15-9-3-2-8(13-6-9)4-10(16)17/h2-3,6H,1,4-5H2,(H,16,17)(H2,14,15,18). The van der Waals surface area contributed by atoms with Gasteiger partial charge in [0.2, 0.25) is 0 Å². The summed E-state index contributed by atoms with van der Waals surface area (Å²) in [6, 6.07) is 2.66. The summed E-state index contributed by atoms with van der Waals surface area (Å²) in [5.74, 6) is -0.957. The number of anilines is 1. The highest BCUT2D eigenvalue weighted by atomic mass is 35.5. The second-order valence-corrected chi connectivity index (χ2v) is 3.97. The molecule has 0 fully saturated rings. The molecular formula is C11H12ClN3O3. The van der Waals surface area contributed by atoms with E-state index < -0.39 is 12.0 Å². The maximum absolute atomic E-state index is 11.3. The van der Waals surface area contributed by atoms with Crippen LogP contribution in [0.15, 0.2) is 29.9 Å². The third-order valence-corrected chi connectivity index (χ3v) is 1.99.